The Kier molecular flexibility index (Phi) is 3.03. The standard InChI is InChI=1S/C21H28/c1-19(2,3)21(20(4,5)6)12-11-18-16(14-21)13-15-9-7-8-10-17(15)18/h7-12H,13-14H2,1-6H3. The molecule has 2 aliphatic carbocycles. The summed E-state index contributed by atoms with van der Waals surface area (Å²) < 4.78 is 0. The Morgan fingerprint density at radius 2 is 1.52 bits per heavy atom. The van der Waals surface area contributed by atoms with E-state index in [-0.39, 0.29) is 16.2 Å². The Labute approximate surface area is 130 Å². The summed E-state index contributed by atoms with van der Waals surface area (Å²) in [5, 5.41) is 0. The Hall–Kier alpha value is -1.30. The van der Waals surface area contributed by atoms with Crippen LogP contribution in [-0.2, 0) is 6.42 Å². The fourth-order valence-corrected chi connectivity index (χ4v) is 4.59. The molecule has 0 saturated carbocycles. The first kappa shape index (κ1) is 14.6. The minimum absolute atomic E-state index is 0.223. The zero-order valence-electron chi connectivity index (χ0n) is 14.4. The van der Waals surface area contributed by atoms with Gasteiger partial charge in [0.1, 0.15) is 0 Å². The van der Waals surface area contributed by atoms with E-state index in [1.807, 2.05) is 0 Å². The van der Waals surface area contributed by atoms with Crippen LogP contribution in [0.3, 0.4) is 0 Å². The van der Waals surface area contributed by atoms with Crippen molar-refractivity contribution in [2.75, 3.05) is 0 Å². The molecule has 0 heterocycles. The highest BCUT2D eigenvalue weighted by Gasteiger charge is 2.50. The first-order valence-corrected chi connectivity index (χ1v) is 8.15. The molecule has 1 aromatic rings. The van der Waals surface area contributed by atoms with Gasteiger partial charge in [0.2, 0.25) is 0 Å². The molecule has 1 aromatic carbocycles. The predicted molar refractivity (Wildman–Crippen MR) is 92.2 cm³/mol. The average molecular weight is 280 g/mol. The lowest BCUT2D eigenvalue weighted by atomic mass is 9.50. The number of hydrogen-bond acceptors (Lipinski definition) is 0. The molecule has 0 amide bonds. The molecule has 0 heteroatoms. The van der Waals surface area contributed by atoms with Gasteiger partial charge in [-0.15, -0.1) is 0 Å². The van der Waals surface area contributed by atoms with Crippen LogP contribution in [0, 0.1) is 16.2 Å². The summed E-state index contributed by atoms with van der Waals surface area (Å²) in [4.78, 5) is 0. The predicted octanol–water partition coefficient (Wildman–Crippen LogP) is 6.03. The molecular formula is C21H28. The lowest BCUT2D eigenvalue weighted by Gasteiger charge is -2.54. The molecule has 3 rings (SSSR count). The molecule has 0 N–H and O–H groups in total. The van der Waals surface area contributed by atoms with E-state index in [2.05, 4.69) is 78.0 Å². The van der Waals surface area contributed by atoms with Gasteiger partial charge in [-0.1, -0.05) is 83.5 Å². The van der Waals surface area contributed by atoms with Gasteiger partial charge in [-0.05, 0) is 40.4 Å². The fraction of sp³-hybridized carbons (Fsp3) is 0.524. The molecular weight excluding hydrogens is 252 g/mol. The fourth-order valence-electron chi connectivity index (χ4n) is 4.59. The number of fused-ring (bicyclic) bond motifs is 2. The Morgan fingerprint density at radius 3 is 2.14 bits per heavy atom. The largest absolute Gasteiger partial charge is 0.0763 e. The van der Waals surface area contributed by atoms with Crippen LogP contribution in [0.2, 0.25) is 0 Å². The van der Waals surface area contributed by atoms with Crippen LogP contribution in [-0.4, -0.2) is 0 Å². The van der Waals surface area contributed by atoms with Crippen LogP contribution in [0.1, 0.15) is 59.1 Å². The van der Waals surface area contributed by atoms with Crippen molar-refractivity contribution in [1.29, 1.82) is 0 Å². The minimum Gasteiger partial charge on any atom is -0.0763 e. The summed E-state index contributed by atoms with van der Waals surface area (Å²) in [6, 6.07) is 8.90. The van der Waals surface area contributed by atoms with Crippen molar-refractivity contribution < 1.29 is 0 Å². The zero-order valence-corrected chi connectivity index (χ0v) is 14.4. The van der Waals surface area contributed by atoms with Crippen molar-refractivity contribution in [3.8, 4) is 0 Å². The van der Waals surface area contributed by atoms with Crippen molar-refractivity contribution in [2.45, 2.75) is 54.4 Å². The zero-order chi connectivity index (χ0) is 15.5. The first-order chi connectivity index (χ1) is 9.66. The molecule has 0 radical (unpaired) electrons. The van der Waals surface area contributed by atoms with Gasteiger partial charge in [0, 0.05) is 5.41 Å². The van der Waals surface area contributed by atoms with E-state index in [1.54, 1.807) is 5.57 Å². The molecule has 0 aromatic heterocycles. The monoisotopic (exact) mass is 280 g/mol. The van der Waals surface area contributed by atoms with E-state index in [1.165, 1.54) is 23.1 Å². The summed E-state index contributed by atoms with van der Waals surface area (Å²) in [5.74, 6) is 0. The summed E-state index contributed by atoms with van der Waals surface area (Å²) in [6.07, 6.45) is 7.28. The SMILES string of the molecule is CC(C)(C)C1(C(C)(C)C)C=CC2=C(Cc3ccccc32)C1. The highest BCUT2D eigenvalue weighted by molar-refractivity contribution is 5.84. The smallest absolute Gasteiger partial charge is 0.00196 e. The van der Waals surface area contributed by atoms with Gasteiger partial charge in [-0.2, -0.15) is 0 Å². The maximum atomic E-state index is 2.52. The van der Waals surface area contributed by atoms with Crippen LogP contribution >= 0.6 is 0 Å². The number of allylic oxidation sites excluding steroid dienone is 4. The molecule has 2 aliphatic rings. The van der Waals surface area contributed by atoms with E-state index in [4.69, 9.17) is 0 Å². The van der Waals surface area contributed by atoms with Gasteiger partial charge in [0.25, 0.3) is 0 Å². The molecule has 0 unspecified atom stereocenters. The summed E-state index contributed by atoms with van der Waals surface area (Å²) in [5.41, 5.74) is 6.84. The molecule has 0 fully saturated rings. The van der Waals surface area contributed by atoms with Crippen LogP contribution in [0.4, 0.5) is 0 Å². The van der Waals surface area contributed by atoms with E-state index in [9.17, 15) is 0 Å². The van der Waals surface area contributed by atoms with Gasteiger partial charge in [-0.25, -0.2) is 0 Å². The molecule has 0 saturated heterocycles. The highest BCUT2D eigenvalue weighted by atomic mass is 14.5. The third kappa shape index (κ3) is 2.03. The third-order valence-electron chi connectivity index (χ3n) is 5.80. The lowest BCUT2D eigenvalue weighted by molar-refractivity contribution is 0.0164. The number of hydrogen-bond donors (Lipinski definition) is 0. The number of benzene rings is 1. The Morgan fingerprint density at radius 1 is 0.905 bits per heavy atom. The van der Waals surface area contributed by atoms with Crippen molar-refractivity contribution in [2.24, 2.45) is 16.2 Å². The van der Waals surface area contributed by atoms with Gasteiger partial charge in [0.15, 0.2) is 0 Å². The second-order valence-corrected chi connectivity index (χ2v) is 8.83. The summed E-state index contributed by atoms with van der Waals surface area (Å²) >= 11 is 0. The second kappa shape index (κ2) is 4.35. The van der Waals surface area contributed by atoms with Crippen LogP contribution in [0.25, 0.3) is 5.57 Å². The molecule has 0 aliphatic heterocycles. The van der Waals surface area contributed by atoms with Gasteiger partial charge in [-0.3, -0.25) is 0 Å². The van der Waals surface area contributed by atoms with Gasteiger partial charge in [0.05, 0.1) is 0 Å². The van der Waals surface area contributed by atoms with Crippen molar-refractivity contribution >= 4 is 5.57 Å². The van der Waals surface area contributed by atoms with E-state index in [0.717, 1.165) is 6.42 Å². The highest BCUT2D eigenvalue weighted by Crippen LogP contribution is 2.60. The topological polar surface area (TPSA) is 0 Å². The maximum absolute atomic E-state index is 2.52. The van der Waals surface area contributed by atoms with E-state index >= 15 is 0 Å². The number of rotatable bonds is 0. The summed E-state index contributed by atoms with van der Waals surface area (Å²) in [7, 11) is 0. The van der Waals surface area contributed by atoms with Crippen LogP contribution in [0.15, 0.2) is 42.0 Å². The van der Waals surface area contributed by atoms with Crippen molar-refractivity contribution in [3.05, 3.63) is 53.1 Å². The van der Waals surface area contributed by atoms with Crippen molar-refractivity contribution in [1.82, 2.24) is 0 Å². The molecule has 0 nitrogen and oxygen atoms in total. The molecule has 0 atom stereocenters. The Bertz CT molecular complexity index is 613. The van der Waals surface area contributed by atoms with Crippen LogP contribution in [0.5, 0.6) is 0 Å². The molecule has 0 bridgehead atoms. The third-order valence-corrected chi connectivity index (χ3v) is 5.80. The average Bonchev–Trinajstić information content (AvgIpc) is 2.73. The quantitative estimate of drug-likeness (QED) is 0.544. The van der Waals surface area contributed by atoms with E-state index in [0.29, 0.717) is 0 Å². The molecule has 0 spiro atoms. The Balaban J connectivity index is 2.07. The first-order valence-electron chi connectivity index (χ1n) is 8.15. The molecule has 112 valence electrons. The maximum Gasteiger partial charge on any atom is 0.00196 e. The van der Waals surface area contributed by atoms with Crippen molar-refractivity contribution in [3.63, 3.8) is 0 Å². The second-order valence-electron chi connectivity index (χ2n) is 8.83. The van der Waals surface area contributed by atoms with Crippen LogP contribution < -0.4 is 0 Å². The van der Waals surface area contributed by atoms with Gasteiger partial charge >= 0.3 is 0 Å². The lowest BCUT2D eigenvalue weighted by Crippen LogP contribution is -2.46. The summed E-state index contributed by atoms with van der Waals surface area (Å²) in [6.45, 7) is 14.4. The van der Waals surface area contributed by atoms with Gasteiger partial charge < -0.3 is 0 Å². The minimum atomic E-state index is 0.223. The normalized spacial score (nSPS) is 20.5. The van der Waals surface area contributed by atoms with E-state index < -0.39 is 0 Å². The molecule has 21 heavy (non-hydrogen) atoms.